The minimum atomic E-state index is -0.658. The van der Waals surface area contributed by atoms with Gasteiger partial charge >= 0.3 is 5.97 Å². The molecule has 4 aliphatic carbocycles. The zero-order chi connectivity index (χ0) is 21.7. The summed E-state index contributed by atoms with van der Waals surface area (Å²) in [4.78, 5) is 23.2. The summed E-state index contributed by atoms with van der Waals surface area (Å²) in [6.45, 7) is 9.34. The normalized spacial score (nSPS) is 42.5. The Bertz CT molecular complexity index is 724. The Labute approximate surface area is 183 Å². The third-order valence-electron chi connectivity index (χ3n) is 10.4. The van der Waals surface area contributed by atoms with Crippen LogP contribution in [0.4, 0.5) is 0 Å². The molecule has 0 spiro atoms. The lowest BCUT2D eigenvalue weighted by molar-refractivity contribution is -0.141. The molecule has 1 N–H and O–H groups in total. The summed E-state index contributed by atoms with van der Waals surface area (Å²) in [6.07, 6.45) is 14.7. The average molecular weight is 415 g/mol. The molecule has 0 aromatic carbocycles. The average Bonchev–Trinajstić information content (AvgIpc) is 3.05. The van der Waals surface area contributed by atoms with Crippen LogP contribution in [0.2, 0.25) is 0 Å². The molecule has 3 nitrogen and oxygen atoms in total. The van der Waals surface area contributed by atoms with Crippen LogP contribution in [-0.4, -0.2) is 16.9 Å². The Hall–Kier alpha value is -1.12. The van der Waals surface area contributed by atoms with Gasteiger partial charge in [-0.3, -0.25) is 9.59 Å². The fraction of sp³-hybridized carbons (Fsp3) is 0.852. The van der Waals surface area contributed by atoms with Crippen LogP contribution < -0.4 is 0 Å². The van der Waals surface area contributed by atoms with E-state index in [9.17, 15) is 9.59 Å². The fourth-order valence-corrected chi connectivity index (χ4v) is 8.35. The van der Waals surface area contributed by atoms with Gasteiger partial charge in [-0.25, -0.2) is 0 Å². The number of carboxylic acids is 1. The first kappa shape index (κ1) is 22.1. The minimum absolute atomic E-state index is 0.219. The van der Waals surface area contributed by atoms with Gasteiger partial charge in [0.05, 0.1) is 5.92 Å². The van der Waals surface area contributed by atoms with Crippen LogP contribution in [0.3, 0.4) is 0 Å². The Morgan fingerprint density at radius 2 is 1.83 bits per heavy atom. The van der Waals surface area contributed by atoms with E-state index in [1.807, 2.05) is 6.92 Å². The first-order valence-corrected chi connectivity index (χ1v) is 12.6. The molecule has 30 heavy (non-hydrogen) atoms. The Kier molecular flexibility index (Phi) is 5.96. The summed E-state index contributed by atoms with van der Waals surface area (Å²) in [5.41, 5.74) is 2.52. The number of ketones is 1. The molecule has 4 rings (SSSR count). The predicted octanol–water partition coefficient (Wildman–Crippen LogP) is 6.66. The number of hydrogen-bond donors (Lipinski definition) is 1. The maximum Gasteiger partial charge on any atom is 0.306 e. The van der Waals surface area contributed by atoms with E-state index in [4.69, 9.17) is 5.11 Å². The second-order valence-corrected chi connectivity index (χ2v) is 11.9. The Morgan fingerprint density at radius 1 is 1.10 bits per heavy atom. The van der Waals surface area contributed by atoms with E-state index in [-0.39, 0.29) is 5.92 Å². The van der Waals surface area contributed by atoms with Crippen molar-refractivity contribution in [3.63, 3.8) is 0 Å². The highest BCUT2D eigenvalue weighted by molar-refractivity contribution is 5.79. The van der Waals surface area contributed by atoms with E-state index in [2.05, 4.69) is 26.8 Å². The number of hydrogen-bond acceptors (Lipinski definition) is 2. The van der Waals surface area contributed by atoms with Gasteiger partial charge in [0, 0.05) is 12.8 Å². The first-order valence-electron chi connectivity index (χ1n) is 12.6. The van der Waals surface area contributed by atoms with Crippen LogP contribution in [0, 0.1) is 46.3 Å². The van der Waals surface area contributed by atoms with Crippen LogP contribution in [0.15, 0.2) is 11.6 Å². The maximum atomic E-state index is 12.1. The van der Waals surface area contributed by atoms with Crippen LogP contribution >= 0.6 is 0 Å². The van der Waals surface area contributed by atoms with E-state index < -0.39 is 5.97 Å². The second-order valence-electron chi connectivity index (χ2n) is 11.9. The lowest BCUT2D eigenvalue weighted by atomic mass is 9.47. The molecule has 1 unspecified atom stereocenters. The van der Waals surface area contributed by atoms with Crippen LogP contribution in [-0.2, 0) is 9.59 Å². The highest BCUT2D eigenvalue weighted by Crippen LogP contribution is 2.66. The van der Waals surface area contributed by atoms with Crippen molar-refractivity contribution in [1.29, 1.82) is 0 Å². The summed E-state index contributed by atoms with van der Waals surface area (Å²) in [5.74, 6) is 3.06. The Balaban J connectivity index is 1.46. The van der Waals surface area contributed by atoms with Gasteiger partial charge < -0.3 is 5.11 Å². The van der Waals surface area contributed by atoms with Crippen LogP contribution in [0.5, 0.6) is 0 Å². The molecule has 0 amide bonds. The van der Waals surface area contributed by atoms with Gasteiger partial charge in [-0.15, -0.1) is 0 Å². The summed E-state index contributed by atoms with van der Waals surface area (Å²) < 4.78 is 0. The van der Waals surface area contributed by atoms with Gasteiger partial charge in [-0.05, 0) is 85.4 Å². The summed E-state index contributed by atoms with van der Waals surface area (Å²) in [5, 5.41) is 9.16. The van der Waals surface area contributed by atoms with Gasteiger partial charge in [0.25, 0.3) is 0 Å². The first-order chi connectivity index (χ1) is 14.2. The lowest BCUT2D eigenvalue weighted by Gasteiger charge is -2.57. The van der Waals surface area contributed by atoms with Gasteiger partial charge in [0.2, 0.25) is 0 Å². The lowest BCUT2D eigenvalue weighted by Crippen LogP contribution is -2.49. The third kappa shape index (κ3) is 3.58. The summed E-state index contributed by atoms with van der Waals surface area (Å²) >= 11 is 0. The van der Waals surface area contributed by atoms with E-state index in [0.717, 1.165) is 56.8 Å². The smallest absolute Gasteiger partial charge is 0.306 e. The third-order valence-corrected chi connectivity index (χ3v) is 10.4. The molecular formula is C27H42O3. The second kappa shape index (κ2) is 8.10. The molecule has 0 heterocycles. The molecule has 3 saturated carbocycles. The zero-order valence-electron chi connectivity index (χ0n) is 19.6. The highest BCUT2D eigenvalue weighted by atomic mass is 16.4. The van der Waals surface area contributed by atoms with Gasteiger partial charge in [0.1, 0.15) is 5.78 Å². The molecular weight excluding hydrogens is 372 g/mol. The van der Waals surface area contributed by atoms with Crippen molar-refractivity contribution in [2.75, 3.05) is 0 Å². The monoisotopic (exact) mass is 414 g/mol. The molecule has 3 fully saturated rings. The quantitative estimate of drug-likeness (QED) is 0.494. The topological polar surface area (TPSA) is 54.4 Å². The van der Waals surface area contributed by atoms with Gasteiger partial charge in [-0.2, -0.15) is 0 Å². The number of carbonyl (C=O) groups is 2. The number of rotatable bonds is 6. The summed E-state index contributed by atoms with van der Waals surface area (Å²) in [7, 11) is 0. The van der Waals surface area contributed by atoms with Crippen LogP contribution in [0.25, 0.3) is 0 Å². The van der Waals surface area contributed by atoms with Crippen molar-refractivity contribution < 1.29 is 14.7 Å². The minimum Gasteiger partial charge on any atom is -0.481 e. The van der Waals surface area contributed by atoms with Crippen molar-refractivity contribution in [2.24, 2.45) is 46.3 Å². The molecule has 0 aliphatic heterocycles. The molecule has 4 aliphatic rings. The van der Waals surface area contributed by atoms with E-state index in [1.165, 1.54) is 25.7 Å². The zero-order valence-corrected chi connectivity index (χ0v) is 19.6. The predicted molar refractivity (Wildman–Crippen MR) is 120 cm³/mol. The number of carboxylic acid groups (broad SMARTS) is 1. The summed E-state index contributed by atoms with van der Waals surface area (Å²) in [6, 6.07) is 0. The SMILES string of the molecule is C[C@H](CCC[C@H](C)C(=O)O)[C@H]1CC[C@H]2C3=CC[C@H]4CC(=O)CC[C@]4(C)C3CC[C@]12C. The molecule has 0 radical (unpaired) electrons. The molecule has 168 valence electrons. The van der Waals surface area contributed by atoms with Gasteiger partial charge in [-0.1, -0.05) is 52.2 Å². The van der Waals surface area contributed by atoms with Crippen molar-refractivity contribution >= 4 is 11.8 Å². The number of aliphatic carboxylic acids is 1. The number of fused-ring (bicyclic) bond motifs is 5. The number of allylic oxidation sites excluding steroid dienone is 2. The molecule has 0 bridgehead atoms. The van der Waals surface area contributed by atoms with E-state index in [0.29, 0.717) is 34.4 Å². The molecule has 0 aromatic rings. The molecule has 0 saturated heterocycles. The van der Waals surface area contributed by atoms with Crippen molar-refractivity contribution in [1.82, 2.24) is 0 Å². The fourth-order valence-electron chi connectivity index (χ4n) is 8.35. The number of Topliss-reactive ketones (excluding diaryl/α,β-unsaturated/α-hetero) is 1. The largest absolute Gasteiger partial charge is 0.481 e. The van der Waals surface area contributed by atoms with Crippen molar-refractivity contribution in [3.05, 3.63) is 11.6 Å². The molecule has 3 heteroatoms. The van der Waals surface area contributed by atoms with Gasteiger partial charge in [0.15, 0.2) is 0 Å². The van der Waals surface area contributed by atoms with Crippen molar-refractivity contribution in [3.8, 4) is 0 Å². The standard InChI is InChI=1S/C27H42O3/c1-17(6-5-7-18(2)25(29)30)22-10-11-23-21-9-8-19-16-20(28)12-14-26(19,3)24(21)13-15-27(22,23)4/h9,17-19,22-24H,5-8,10-16H2,1-4H3,(H,29,30)/t17-,18+,19+,22-,23+,24?,26+,27-/m1/s1. The van der Waals surface area contributed by atoms with E-state index >= 15 is 0 Å². The van der Waals surface area contributed by atoms with Crippen LogP contribution in [0.1, 0.15) is 98.3 Å². The highest BCUT2D eigenvalue weighted by Gasteiger charge is 2.58. The Morgan fingerprint density at radius 3 is 2.57 bits per heavy atom. The molecule has 0 aromatic heterocycles. The molecule has 8 atom stereocenters. The maximum absolute atomic E-state index is 12.1. The number of carbonyl (C=O) groups excluding carboxylic acids is 1. The van der Waals surface area contributed by atoms with Crippen molar-refractivity contribution in [2.45, 2.75) is 98.3 Å². The van der Waals surface area contributed by atoms with E-state index in [1.54, 1.807) is 5.57 Å².